The second kappa shape index (κ2) is 7.48. The molecule has 19 heavy (non-hydrogen) atoms. The quantitative estimate of drug-likeness (QED) is 0.717. The van der Waals surface area contributed by atoms with Gasteiger partial charge in [0.2, 0.25) is 5.91 Å². The lowest BCUT2D eigenvalue weighted by Gasteiger charge is -2.39. The summed E-state index contributed by atoms with van der Waals surface area (Å²) < 4.78 is 0. The van der Waals surface area contributed by atoms with Crippen molar-refractivity contribution < 1.29 is 14.7 Å². The molecule has 0 saturated carbocycles. The highest BCUT2D eigenvalue weighted by Crippen LogP contribution is 2.24. The second-order valence-electron chi connectivity index (χ2n) is 5.47. The first kappa shape index (κ1) is 16.0. The predicted molar refractivity (Wildman–Crippen MR) is 73.9 cm³/mol. The van der Waals surface area contributed by atoms with Gasteiger partial charge in [0.05, 0.1) is 12.0 Å². The zero-order valence-corrected chi connectivity index (χ0v) is 12.2. The van der Waals surface area contributed by atoms with Crippen LogP contribution in [0.5, 0.6) is 0 Å². The van der Waals surface area contributed by atoms with Crippen LogP contribution in [0.25, 0.3) is 0 Å². The zero-order valence-electron chi connectivity index (χ0n) is 12.2. The Kier molecular flexibility index (Phi) is 6.28. The van der Waals surface area contributed by atoms with Crippen LogP contribution in [0.3, 0.4) is 0 Å². The Labute approximate surface area is 115 Å². The molecule has 1 amide bonds. The van der Waals surface area contributed by atoms with Gasteiger partial charge >= 0.3 is 5.97 Å². The molecule has 3 unspecified atom stereocenters. The van der Waals surface area contributed by atoms with Gasteiger partial charge in [-0.15, -0.1) is 0 Å². The summed E-state index contributed by atoms with van der Waals surface area (Å²) in [5.74, 6) is -0.928. The largest absolute Gasteiger partial charge is 0.481 e. The molecular weight excluding hydrogens is 244 g/mol. The SMILES string of the molecule is CCCCNC(=O)C(C)N1CCC(C(=O)O)CC1C. The van der Waals surface area contributed by atoms with E-state index >= 15 is 0 Å². The number of nitrogens with one attached hydrogen (secondary N) is 1. The van der Waals surface area contributed by atoms with E-state index in [-0.39, 0.29) is 23.9 Å². The van der Waals surface area contributed by atoms with Crippen molar-refractivity contribution in [2.45, 2.75) is 58.5 Å². The van der Waals surface area contributed by atoms with Gasteiger partial charge in [0.1, 0.15) is 0 Å². The summed E-state index contributed by atoms with van der Waals surface area (Å²) in [6.45, 7) is 7.40. The Morgan fingerprint density at radius 1 is 1.47 bits per heavy atom. The van der Waals surface area contributed by atoms with Gasteiger partial charge in [-0.3, -0.25) is 14.5 Å². The van der Waals surface area contributed by atoms with Gasteiger partial charge in [-0.25, -0.2) is 0 Å². The molecule has 0 aromatic carbocycles. The Morgan fingerprint density at radius 3 is 2.68 bits per heavy atom. The summed E-state index contributed by atoms with van der Waals surface area (Å²) in [4.78, 5) is 25.1. The molecule has 0 aromatic heterocycles. The molecule has 1 saturated heterocycles. The summed E-state index contributed by atoms with van der Waals surface area (Å²) in [6.07, 6.45) is 3.32. The minimum Gasteiger partial charge on any atom is -0.481 e. The first-order valence-corrected chi connectivity index (χ1v) is 7.23. The second-order valence-corrected chi connectivity index (χ2v) is 5.47. The third kappa shape index (κ3) is 4.49. The highest BCUT2D eigenvalue weighted by molar-refractivity contribution is 5.81. The number of hydrogen-bond donors (Lipinski definition) is 2. The van der Waals surface area contributed by atoms with Crippen molar-refractivity contribution in [1.29, 1.82) is 0 Å². The molecule has 0 aromatic rings. The lowest BCUT2D eigenvalue weighted by Crippen LogP contribution is -2.52. The van der Waals surface area contributed by atoms with Crippen LogP contribution in [0.15, 0.2) is 0 Å². The van der Waals surface area contributed by atoms with E-state index in [0.717, 1.165) is 19.4 Å². The van der Waals surface area contributed by atoms with E-state index < -0.39 is 5.97 Å². The van der Waals surface area contributed by atoms with E-state index in [1.54, 1.807) is 0 Å². The van der Waals surface area contributed by atoms with Gasteiger partial charge in [-0.2, -0.15) is 0 Å². The number of likely N-dealkylation sites (tertiary alicyclic amines) is 1. The van der Waals surface area contributed by atoms with Crippen LogP contribution in [-0.2, 0) is 9.59 Å². The molecule has 0 spiro atoms. The Hall–Kier alpha value is -1.10. The molecule has 2 N–H and O–H groups in total. The number of carbonyl (C=O) groups excluding carboxylic acids is 1. The predicted octanol–water partition coefficient (Wildman–Crippen LogP) is 1.48. The van der Waals surface area contributed by atoms with Crippen LogP contribution in [0.4, 0.5) is 0 Å². The van der Waals surface area contributed by atoms with Gasteiger partial charge in [0, 0.05) is 19.1 Å². The van der Waals surface area contributed by atoms with Crippen molar-refractivity contribution >= 4 is 11.9 Å². The zero-order chi connectivity index (χ0) is 14.4. The van der Waals surface area contributed by atoms with Crippen molar-refractivity contribution in [2.75, 3.05) is 13.1 Å². The number of carbonyl (C=O) groups is 2. The average molecular weight is 270 g/mol. The maximum atomic E-state index is 12.0. The Morgan fingerprint density at radius 2 is 2.16 bits per heavy atom. The summed E-state index contributed by atoms with van der Waals surface area (Å²) >= 11 is 0. The van der Waals surface area contributed by atoms with E-state index in [1.807, 2.05) is 13.8 Å². The highest BCUT2D eigenvalue weighted by atomic mass is 16.4. The average Bonchev–Trinajstić information content (AvgIpc) is 2.37. The van der Waals surface area contributed by atoms with Crippen LogP contribution in [0.2, 0.25) is 0 Å². The third-order valence-electron chi connectivity index (χ3n) is 3.98. The van der Waals surface area contributed by atoms with Crippen LogP contribution >= 0.6 is 0 Å². The maximum Gasteiger partial charge on any atom is 0.306 e. The molecule has 1 fully saturated rings. The fourth-order valence-corrected chi connectivity index (χ4v) is 2.68. The molecule has 3 atom stereocenters. The van der Waals surface area contributed by atoms with Crippen molar-refractivity contribution in [1.82, 2.24) is 10.2 Å². The minimum atomic E-state index is -0.716. The fraction of sp³-hybridized carbons (Fsp3) is 0.857. The van der Waals surface area contributed by atoms with Gasteiger partial charge in [0.25, 0.3) is 0 Å². The lowest BCUT2D eigenvalue weighted by atomic mass is 9.90. The number of carboxylic acids is 1. The van der Waals surface area contributed by atoms with Gasteiger partial charge in [0.15, 0.2) is 0 Å². The number of amides is 1. The van der Waals surface area contributed by atoms with Crippen LogP contribution in [0.1, 0.15) is 46.5 Å². The highest BCUT2D eigenvalue weighted by Gasteiger charge is 2.34. The summed E-state index contributed by atoms with van der Waals surface area (Å²) in [5, 5.41) is 12.0. The Bertz CT molecular complexity index is 320. The van der Waals surface area contributed by atoms with Crippen molar-refractivity contribution in [2.24, 2.45) is 5.92 Å². The fourth-order valence-electron chi connectivity index (χ4n) is 2.68. The van der Waals surface area contributed by atoms with E-state index in [0.29, 0.717) is 19.4 Å². The number of piperidine rings is 1. The van der Waals surface area contributed by atoms with Crippen molar-refractivity contribution in [3.05, 3.63) is 0 Å². The standard InChI is InChI=1S/C14H26N2O3/c1-4-5-7-15-13(17)11(3)16-8-6-12(14(18)19)9-10(16)2/h10-12H,4-9H2,1-3H3,(H,15,17)(H,18,19). The molecular formula is C14H26N2O3. The van der Waals surface area contributed by atoms with Gasteiger partial charge in [-0.05, 0) is 33.1 Å². The number of unbranched alkanes of at least 4 members (excludes halogenated alkanes) is 1. The number of nitrogens with zero attached hydrogens (tertiary/aromatic N) is 1. The van der Waals surface area contributed by atoms with E-state index in [9.17, 15) is 9.59 Å². The summed E-state index contributed by atoms with van der Waals surface area (Å²) in [6, 6.07) is -0.0385. The molecule has 5 heteroatoms. The van der Waals surface area contributed by atoms with Gasteiger partial charge in [-0.1, -0.05) is 13.3 Å². The molecule has 110 valence electrons. The molecule has 0 aliphatic carbocycles. The van der Waals surface area contributed by atoms with Crippen LogP contribution < -0.4 is 5.32 Å². The minimum absolute atomic E-state index is 0.0501. The smallest absolute Gasteiger partial charge is 0.306 e. The first-order valence-electron chi connectivity index (χ1n) is 7.23. The molecule has 5 nitrogen and oxygen atoms in total. The maximum absolute atomic E-state index is 12.0. The number of carboxylic acid groups (broad SMARTS) is 1. The number of aliphatic carboxylic acids is 1. The summed E-state index contributed by atoms with van der Waals surface area (Å²) in [5.41, 5.74) is 0. The molecule has 1 rings (SSSR count). The lowest BCUT2D eigenvalue weighted by molar-refractivity contribution is -0.144. The first-order chi connectivity index (χ1) is 8.97. The van der Waals surface area contributed by atoms with Crippen molar-refractivity contribution in [3.8, 4) is 0 Å². The topological polar surface area (TPSA) is 69.6 Å². The molecule has 0 radical (unpaired) electrons. The number of hydrogen-bond acceptors (Lipinski definition) is 3. The number of rotatable bonds is 6. The molecule has 1 aliphatic heterocycles. The van der Waals surface area contributed by atoms with E-state index in [4.69, 9.17) is 5.11 Å². The van der Waals surface area contributed by atoms with E-state index in [2.05, 4.69) is 17.1 Å². The normalized spacial score (nSPS) is 25.8. The van der Waals surface area contributed by atoms with Crippen molar-refractivity contribution in [3.63, 3.8) is 0 Å². The molecule has 0 bridgehead atoms. The third-order valence-corrected chi connectivity index (χ3v) is 3.98. The molecule has 1 heterocycles. The summed E-state index contributed by atoms with van der Waals surface area (Å²) in [7, 11) is 0. The van der Waals surface area contributed by atoms with Crippen LogP contribution in [-0.4, -0.2) is 47.1 Å². The van der Waals surface area contributed by atoms with Crippen LogP contribution in [0, 0.1) is 5.92 Å². The Balaban J connectivity index is 2.46. The molecule has 1 aliphatic rings. The van der Waals surface area contributed by atoms with E-state index in [1.165, 1.54) is 0 Å². The monoisotopic (exact) mass is 270 g/mol. The van der Waals surface area contributed by atoms with Gasteiger partial charge < -0.3 is 10.4 Å².